The van der Waals surface area contributed by atoms with Gasteiger partial charge in [-0.2, -0.15) is 8.78 Å². The fourth-order valence-electron chi connectivity index (χ4n) is 1.33. The molecule has 5 heteroatoms. The molecule has 92 valence electrons. The third kappa shape index (κ3) is 3.92. The number of thioether (sulfide) groups is 1. The van der Waals surface area contributed by atoms with E-state index < -0.39 is 5.76 Å². The summed E-state index contributed by atoms with van der Waals surface area (Å²) in [6.45, 7) is 0. The van der Waals surface area contributed by atoms with Crippen LogP contribution in [-0.4, -0.2) is 15.7 Å². The highest BCUT2D eigenvalue weighted by atomic mass is 32.2. The number of hydrogen-bond acceptors (Lipinski definition) is 3. The molecule has 1 heterocycles. The van der Waals surface area contributed by atoms with Crippen molar-refractivity contribution in [2.45, 2.75) is 10.9 Å². The lowest BCUT2D eigenvalue weighted by molar-refractivity contribution is 0.251. The van der Waals surface area contributed by atoms with Crippen LogP contribution in [0.4, 0.5) is 8.78 Å². The molecule has 1 aromatic heterocycles. The Labute approximate surface area is 108 Å². The average Bonchev–Trinajstić information content (AvgIpc) is 2.37. The lowest BCUT2D eigenvalue weighted by atomic mass is 10.2. The Balaban J connectivity index is 2.12. The van der Waals surface area contributed by atoms with E-state index >= 15 is 0 Å². The van der Waals surface area contributed by atoms with Crippen LogP contribution in [-0.2, 0) is 0 Å². The van der Waals surface area contributed by atoms with Gasteiger partial charge in [-0.15, -0.1) is 0 Å². The Bertz CT molecular complexity index is 530. The van der Waals surface area contributed by atoms with Crippen LogP contribution in [0.2, 0.25) is 0 Å². The van der Waals surface area contributed by atoms with Gasteiger partial charge in [0.1, 0.15) is 0 Å². The third-order valence-corrected chi connectivity index (χ3v) is 2.68. The highest BCUT2D eigenvalue weighted by Gasteiger charge is 2.07. The summed E-state index contributed by atoms with van der Waals surface area (Å²) in [7, 11) is 0. The molecule has 0 aliphatic rings. The highest BCUT2D eigenvalue weighted by molar-refractivity contribution is 7.99. The van der Waals surface area contributed by atoms with Crippen LogP contribution in [0.25, 0.3) is 12.2 Å². The van der Waals surface area contributed by atoms with Crippen LogP contribution in [0.15, 0.2) is 47.8 Å². The molecule has 2 nitrogen and oxygen atoms in total. The van der Waals surface area contributed by atoms with Crippen molar-refractivity contribution in [2.75, 3.05) is 0 Å². The van der Waals surface area contributed by atoms with Gasteiger partial charge in [0, 0.05) is 6.20 Å². The van der Waals surface area contributed by atoms with E-state index in [1.165, 1.54) is 6.20 Å². The molecule has 0 unspecified atom stereocenters. The molecule has 0 bridgehead atoms. The van der Waals surface area contributed by atoms with E-state index in [1.54, 1.807) is 12.1 Å². The Morgan fingerprint density at radius 1 is 1.06 bits per heavy atom. The molecule has 2 aromatic rings. The molecule has 0 fully saturated rings. The lowest BCUT2D eigenvalue weighted by Gasteiger charge is -1.99. The zero-order valence-electron chi connectivity index (χ0n) is 9.33. The monoisotopic (exact) mass is 264 g/mol. The van der Waals surface area contributed by atoms with E-state index in [-0.39, 0.29) is 5.16 Å². The molecule has 1 aromatic carbocycles. The Kier molecular flexibility index (Phi) is 4.41. The molecule has 0 aliphatic heterocycles. The summed E-state index contributed by atoms with van der Waals surface area (Å²) in [5.74, 6) is -2.50. The van der Waals surface area contributed by atoms with Crippen LogP contribution in [0, 0.1) is 0 Å². The average molecular weight is 264 g/mol. The molecule has 0 atom stereocenters. The summed E-state index contributed by atoms with van der Waals surface area (Å²) >= 11 is 0.345. The second-order valence-corrected chi connectivity index (χ2v) is 4.34. The van der Waals surface area contributed by atoms with Crippen LogP contribution in [0.1, 0.15) is 11.3 Å². The maximum atomic E-state index is 12.2. The highest BCUT2D eigenvalue weighted by Crippen LogP contribution is 2.21. The van der Waals surface area contributed by atoms with Crippen molar-refractivity contribution in [3.8, 4) is 0 Å². The van der Waals surface area contributed by atoms with Gasteiger partial charge in [-0.05, 0) is 29.5 Å². The number of alkyl halides is 2. The summed E-state index contributed by atoms with van der Waals surface area (Å²) in [5.41, 5.74) is 1.64. The Hall–Kier alpha value is -1.75. The molecule has 0 saturated carbocycles. The van der Waals surface area contributed by atoms with Crippen LogP contribution < -0.4 is 0 Å². The van der Waals surface area contributed by atoms with Gasteiger partial charge in [0.2, 0.25) is 0 Å². The third-order valence-electron chi connectivity index (χ3n) is 2.10. The molecule has 18 heavy (non-hydrogen) atoms. The van der Waals surface area contributed by atoms with E-state index in [1.807, 2.05) is 36.4 Å². The summed E-state index contributed by atoms with van der Waals surface area (Å²) < 4.78 is 24.3. The zero-order chi connectivity index (χ0) is 12.8. The maximum absolute atomic E-state index is 12.2. The Morgan fingerprint density at radius 3 is 2.56 bits per heavy atom. The predicted octanol–water partition coefficient (Wildman–Crippen LogP) is 3.96. The number of benzene rings is 1. The van der Waals surface area contributed by atoms with Crippen molar-refractivity contribution in [3.05, 3.63) is 53.9 Å². The topological polar surface area (TPSA) is 25.8 Å². The molecule has 0 amide bonds. The molecule has 0 saturated heterocycles. The zero-order valence-corrected chi connectivity index (χ0v) is 10.1. The first kappa shape index (κ1) is 12.7. The van der Waals surface area contributed by atoms with E-state index in [9.17, 15) is 8.78 Å². The largest absolute Gasteiger partial charge is 0.291 e. The minimum Gasteiger partial charge on any atom is -0.231 e. The number of aromatic nitrogens is 2. The first-order valence-corrected chi connectivity index (χ1v) is 6.13. The first-order chi connectivity index (χ1) is 8.74. The minimum absolute atomic E-state index is 0.0835. The number of hydrogen-bond donors (Lipinski definition) is 0. The Morgan fingerprint density at radius 2 is 1.83 bits per heavy atom. The van der Waals surface area contributed by atoms with Gasteiger partial charge in [-0.3, -0.25) is 0 Å². The second-order valence-electron chi connectivity index (χ2n) is 3.39. The van der Waals surface area contributed by atoms with E-state index in [4.69, 9.17) is 0 Å². The van der Waals surface area contributed by atoms with Gasteiger partial charge < -0.3 is 0 Å². The standard InChI is InChI=1S/C13H10F2N2S/c14-12(15)18-13-16-9-8-11(17-13)7-6-10-4-2-1-3-5-10/h1-9,12H/b7-6+. The number of halogens is 2. The van der Waals surface area contributed by atoms with Gasteiger partial charge in [-0.1, -0.05) is 36.4 Å². The molecule has 0 spiro atoms. The van der Waals surface area contributed by atoms with Crippen LogP contribution in [0.5, 0.6) is 0 Å². The smallest absolute Gasteiger partial charge is 0.231 e. The van der Waals surface area contributed by atoms with Crippen molar-refractivity contribution in [3.63, 3.8) is 0 Å². The van der Waals surface area contributed by atoms with Gasteiger partial charge >= 0.3 is 0 Å². The fourth-order valence-corrected chi connectivity index (χ4v) is 1.77. The molecule has 0 radical (unpaired) electrons. The van der Waals surface area contributed by atoms with Crippen molar-refractivity contribution in [1.82, 2.24) is 9.97 Å². The molecule has 0 N–H and O–H groups in total. The lowest BCUT2D eigenvalue weighted by Crippen LogP contribution is -1.91. The van der Waals surface area contributed by atoms with Crippen LogP contribution in [0.3, 0.4) is 0 Å². The van der Waals surface area contributed by atoms with E-state index in [0.717, 1.165) is 5.56 Å². The predicted molar refractivity (Wildman–Crippen MR) is 69.3 cm³/mol. The first-order valence-electron chi connectivity index (χ1n) is 5.25. The second kappa shape index (κ2) is 6.26. The van der Waals surface area contributed by atoms with E-state index in [2.05, 4.69) is 9.97 Å². The van der Waals surface area contributed by atoms with Crippen molar-refractivity contribution in [1.29, 1.82) is 0 Å². The summed E-state index contributed by atoms with van der Waals surface area (Å²) in [4.78, 5) is 7.79. The summed E-state index contributed by atoms with van der Waals surface area (Å²) in [6, 6.07) is 11.4. The van der Waals surface area contributed by atoms with Crippen molar-refractivity contribution >= 4 is 23.9 Å². The number of rotatable bonds is 4. The summed E-state index contributed by atoms with van der Waals surface area (Å²) in [5, 5.41) is 0.0835. The SMILES string of the molecule is FC(F)Sc1nccc(/C=C/c2ccccc2)n1. The van der Waals surface area contributed by atoms with Crippen molar-refractivity contribution < 1.29 is 8.78 Å². The van der Waals surface area contributed by atoms with Crippen molar-refractivity contribution in [2.24, 2.45) is 0 Å². The minimum atomic E-state index is -2.50. The summed E-state index contributed by atoms with van der Waals surface area (Å²) in [6.07, 6.45) is 5.12. The molecular formula is C13H10F2N2S. The normalized spacial score (nSPS) is 11.3. The van der Waals surface area contributed by atoms with Crippen LogP contribution >= 0.6 is 11.8 Å². The maximum Gasteiger partial charge on any atom is 0.291 e. The molecule has 2 rings (SSSR count). The van der Waals surface area contributed by atoms with Gasteiger partial charge in [0.25, 0.3) is 5.76 Å². The molecule has 0 aliphatic carbocycles. The van der Waals surface area contributed by atoms with Gasteiger partial charge in [-0.25, -0.2) is 9.97 Å². The molecular weight excluding hydrogens is 254 g/mol. The van der Waals surface area contributed by atoms with Gasteiger partial charge in [0.05, 0.1) is 5.69 Å². The number of nitrogens with zero attached hydrogens (tertiary/aromatic N) is 2. The fraction of sp³-hybridized carbons (Fsp3) is 0.0769. The van der Waals surface area contributed by atoms with Gasteiger partial charge in [0.15, 0.2) is 5.16 Å². The van der Waals surface area contributed by atoms with E-state index in [0.29, 0.717) is 17.5 Å². The quantitative estimate of drug-likeness (QED) is 0.617.